The van der Waals surface area contributed by atoms with Gasteiger partial charge in [-0.15, -0.1) is 13.2 Å². The van der Waals surface area contributed by atoms with Crippen molar-refractivity contribution in [1.82, 2.24) is 0 Å². The van der Waals surface area contributed by atoms with Gasteiger partial charge in [-0.1, -0.05) is 17.7 Å². The number of nitrogens with zero attached hydrogens (tertiary/aromatic N) is 2. The van der Waals surface area contributed by atoms with E-state index in [-0.39, 0.29) is 16.3 Å². The van der Waals surface area contributed by atoms with Gasteiger partial charge in [-0.2, -0.15) is 10.5 Å². The molecule has 0 saturated carbocycles. The normalized spacial score (nSPS) is 10.0. The third-order valence-corrected chi connectivity index (χ3v) is 2.10. The second-order valence-electron chi connectivity index (χ2n) is 3.09. The molecule has 4 nitrogen and oxygen atoms in total. The van der Waals surface area contributed by atoms with Gasteiger partial charge in [0, 0.05) is 6.20 Å². The van der Waals surface area contributed by atoms with Crippen molar-refractivity contribution >= 4 is 17.3 Å². The molecule has 1 rings (SSSR count). The smallest absolute Gasteiger partial charge is 0.402 e. The molecule has 98 valence electrons. The fraction of sp³-hybridized carbons (Fsp3) is 0.0909. The molecule has 0 aliphatic carbocycles. The lowest BCUT2D eigenvalue weighted by Crippen LogP contribution is -2.18. The van der Waals surface area contributed by atoms with Gasteiger partial charge in [0.1, 0.15) is 17.7 Å². The second kappa shape index (κ2) is 5.98. The van der Waals surface area contributed by atoms with Crippen molar-refractivity contribution in [2.45, 2.75) is 6.36 Å². The molecule has 0 unspecified atom stereocenters. The van der Waals surface area contributed by atoms with E-state index in [9.17, 15) is 13.2 Å². The third-order valence-electron chi connectivity index (χ3n) is 1.80. The molecule has 1 N–H and O–H groups in total. The van der Waals surface area contributed by atoms with Crippen molar-refractivity contribution in [3.05, 3.63) is 35.0 Å². The summed E-state index contributed by atoms with van der Waals surface area (Å²) in [5.41, 5.74) is -0.425. The molecule has 0 fully saturated rings. The summed E-state index contributed by atoms with van der Waals surface area (Å²) in [5, 5.41) is 19.1. The predicted octanol–water partition coefficient (Wildman–Crippen LogP) is 3.58. The Balaban J connectivity index is 3.09. The molecule has 0 bridgehead atoms. The number of allylic oxidation sites excluding steroid dienone is 1. The fourth-order valence-electron chi connectivity index (χ4n) is 1.08. The second-order valence-corrected chi connectivity index (χ2v) is 3.50. The Morgan fingerprint density at radius 2 is 1.95 bits per heavy atom. The number of nitriles is 2. The van der Waals surface area contributed by atoms with Gasteiger partial charge >= 0.3 is 6.36 Å². The summed E-state index contributed by atoms with van der Waals surface area (Å²) in [4.78, 5) is 0. The van der Waals surface area contributed by atoms with E-state index in [1.807, 2.05) is 0 Å². The number of anilines is 1. The number of nitrogens with one attached hydrogen (secondary N) is 1. The monoisotopic (exact) mass is 287 g/mol. The van der Waals surface area contributed by atoms with E-state index in [0.717, 1.165) is 6.20 Å². The molecule has 1 aromatic rings. The minimum atomic E-state index is -4.90. The molecule has 0 aliphatic rings. The Morgan fingerprint density at radius 1 is 1.32 bits per heavy atom. The van der Waals surface area contributed by atoms with Crippen LogP contribution in [0.25, 0.3) is 0 Å². The van der Waals surface area contributed by atoms with Crippen LogP contribution in [-0.4, -0.2) is 6.36 Å². The lowest BCUT2D eigenvalue weighted by molar-refractivity contribution is -0.274. The van der Waals surface area contributed by atoms with E-state index < -0.39 is 12.1 Å². The van der Waals surface area contributed by atoms with Gasteiger partial charge in [-0.05, 0) is 12.1 Å². The highest BCUT2D eigenvalue weighted by atomic mass is 35.5. The maximum Gasteiger partial charge on any atom is 0.573 e. The lowest BCUT2D eigenvalue weighted by Gasteiger charge is -2.14. The molecule has 19 heavy (non-hydrogen) atoms. The van der Waals surface area contributed by atoms with Gasteiger partial charge in [0.15, 0.2) is 5.75 Å². The Bertz CT molecular complexity index is 568. The quantitative estimate of drug-likeness (QED) is 0.863. The van der Waals surface area contributed by atoms with Crippen molar-refractivity contribution < 1.29 is 17.9 Å². The zero-order chi connectivity index (χ0) is 14.5. The molecule has 0 heterocycles. The first-order valence-corrected chi connectivity index (χ1v) is 5.06. The van der Waals surface area contributed by atoms with Gasteiger partial charge < -0.3 is 10.1 Å². The van der Waals surface area contributed by atoms with Crippen LogP contribution in [0.3, 0.4) is 0 Å². The van der Waals surface area contributed by atoms with E-state index in [1.54, 1.807) is 12.1 Å². The highest BCUT2D eigenvalue weighted by Crippen LogP contribution is 2.36. The molecule has 0 spiro atoms. The SMILES string of the molecule is N#CC(C#N)=CNc1cccc(Cl)c1OC(F)(F)F. The highest BCUT2D eigenvalue weighted by Gasteiger charge is 2.33. The maximum absolute atomic E-state index is 12.2. The number of hydrogen-bond acceptors (Lipinski definition) is 4. The molecule has 0 radical (unpaired) electrons. The van der Waals surface area contributed by atoms with Crippen molar-refractivity contribution in [2.24, 2.45) is 0 Å². The molecule has 0 aliphatic heterocycles. The minimum absolute atomic E-state index is 0.118. The Hall–Kier alpha value is -2.38. The number of benzene rings is 1. The summed E-state index contributed by atoms with van der Waals surface area (Å²) in [5.74, 6) is -0.636. The van der Waals surface area contributed by atoms with Crippen LogP contribution in [0.2, 0.25) is 5.02 Å². The first-order chi connectivity index (χ1) is 8.87. The lowest BCUT2D eigenvalue weighted by atomic mass is 10.3. The van der Waals surface area contributed by atoms with E-state index in [1.165, 1.54) is 18.2 Å². The average molecular weight is 288 g/mol. The van der Waals surface area contributed by atoms with Crippen LogP contribution >= 0.6 is 11.6 Å². The summed E-state index contributed by atoms with van der Waals surface area (Å²) in [7, 11) is 0. The molecule has 0 saturated heterocycles. The Morgan fingerprint density at radius 3 is 2.47 bits per heavy atom. The van der Waals surface area contributed by atoms with Crippen molar-refractivity contribution in [3.63, 3.8) is 0 Å². The minimum Gasteiger partial charge on any atom is -0.402 e. The third kappa shape index (κ3) is 4.41. The van der Waals surface area contributed by atoms with Gasteiger partial charge in [0.05, 0.1) is 10.7 Å². The summed E-state index contributed by atoms with van der Waals surface area (Å²) < 4.78 is 40.4. The number of halogens is 4. The van der Waals surface area contributed by atoms with Crippen molar-refractivity contribution in [3.8, 4) is 17.9 Å². The zero-order valence-electron chi connectivity index (χ0n) is 9.12. The van der Waals surface area contributed by atoms with Gasteiger partial charge in [-0.3, -0.25) is 0 Å². The van der Waals surface area contributed by atoms with E-state index >= 15 is 0 Å². The summed E-state index contributed by atoms with van der Waals surface area (Å²) in [6.07, 6.45) is -3.95. The van der Waals surface area contributed by atoms with E-state index in [4.69, 9.17) is 22.1 Å². The molecule has 0 aromatic heterocycles. The number of hydrogen-bond donors (Lipinski definition) is 1. The predicted molar refractivity (Wildman–Crippen MR) is 61.1 cm³/mol. The fourth-order valence-corrected chi connectivity index (χ4v) is 1.29. The number of rotatable bonds is 3. The highest BCUT2D eigenvalue weighted by molar-refractivity contribution is 6.32. The first kappa shape index (κ1) is 14.7. The van der Waals surface area contributed by atoms with Crippen LogP contribution < -0.4 is 10.1 Å². The van der Waals surface area contributed by atoms with Crippen LogP contribution in [0.5, 0.6) is 5.75 Å². The molecule has 1 aromatic carbocycles. The summed E-state index contributed by atoms with van der Waals surface area (Å²) in [6, 6.07) is 6.96. The Kier molecular flexibility index (Phi) is 4.62. The molecule has 8 heteroatoms. The zero-order valence-corrected chi connectivity index (χ0v) is 9.88. The van der Waals surface area contributed by atoms with Crippen LogP contribution in [0.4, 0.5) is 18.9 Å². The molecular formula is C11H5ClF3N3O. The summed E-state index contributed by atoms with van der Waals surface area (Å²) in [6.45, 7) is 0. The van der Waals surface area contributed by atoms with Crippen LogP contribution in [-0.2, 0) is 0 Å². The number of para-hydroxylation sites is 1. The van der Waals surface area contributed by atoms with Gasteiger partial charge in [-0.25, -0.2) is 0 Å². The van der Waals surface area contributed by atoms with E-state index in [2.05, 4.69) is 10.1 Å². The summed E-state index contributed by atoms with van der Waals surface area (Å²) >= 11 is 5.60. The largest absolute Gasteiger partial charge is 0.573 e. The molecule has 0 amide bonds. The van der Waals surface area contributed by atoms with Crippen molar-refractivity contribution in [1.29, 1.82) is 10.5 Å². The van der Waals surface area contributed by atoms with Crippen molar-refractivity contribution in [2.75, 3.05) is 5.32 Å². The first-order valence-electron chi connectivity index (χ1n) is 4.68. The average Bonchev–Trinajstić information content (AvgIpc) is 2.33. The van der Waals surface area contributed by atoms with Crippen LogP contribution in [0.15, 0.2) is 30.0 Å². The molecule has 0 atom stereocenters. The topological polar surface area (TPSA) is 68.8 Å². The van der Waals surface area contributed by atoms with Gasteiger partial charge in [0.25, 0.3) is 0 Å². The standard InChI is InChI=1S/C11H5ClF3N3O/c12-8-2-1-3-9(10(8)19-11(13,14)15)18-6-7(4-16)5-17/h1-3,6,18H. The van der Waals surface area contributed by atoms with Crippen LogP contribution in [0, 0.1) is 22.7 Å². The Labute approximate surface area is 111 Å². The van der Waals surface area contributed by atoms with Gasteiger partial charge in [0.2, 0.25) is 0 Å². The number of ether oxygens (including phenoxy) is 1. The van der Waals surface area contributed by atoms with E-state index in [0.29, 0.717) is 0 Å². The maximum atomic E-state index is 12.2. The number of alkyl halides is 3. The molecular weight excluding hydrogens is 283 g/mol. The van der Waals surface area contributed by atoms with Crippen LogP contribution in [0.1, 0.15) is 0 Å².